The number of carbonyl (C=O) groups is 1. The Labute approximate surface area is 168 Å². The molecule has 1 aliphatic rings. The van der Waals surface area contributed by atoms with E-state index in [0.717, 1.165) is 5.56 Å². The number of amides is 1. The number of nitrogens with zero attached hydrogens (tertiary/aromatic N) is 1. The number of fused-ring (bicyclic) bond motifs is 1. The number of halogens is 4. The van der Waals surface area contributed by atoms with Crippen molar-refractivity contribution in [3.63, 3.8) is 0 Å². The number of alkyl halides is 3. The van der Waals surface area contributed by atoms with E-state index in [0.29, 0.717) is 10.5 Å². The standard InChI is InChI=1S/C18H16BrF3N2O3S/c1-10-7-11(2)16(12(19)8-10)28(26,27)15-9-23-13-5-3-4-6-14(13)24(15)17(25)18(20,21)22/h3-8,15,23H,9H2,1-2H3/t15-/m0/s1. The molecule has 0 radical (unpaired) electrons. The van der Waals surface area contributed by atoms with E-state index in [9.17, 15) is 26.4 Å². The number of para-hydroxylation sites is 2. The van der Waals surface area contributed by atoms with Crippen LogP contribution < -0.4 is 10.2 Å². The summed E-state index contributed by atoms with van der Waals surface area (Å²) < 4.78 is 66.8. The molecule has 0 fully saturated rings. The van der Waals surface area contributed by atoms with E-state index in [1.54, 1.807) is 32.0 Å². The Balaban J connectivity index is 2.21. The summed E-state index contributed by atoms with van der Waals surface area (Å²) in [4.78, 5) is 12.4. The molecule has 0 spiro atoms. The molecule has 0 saturated carbocycles. The minimum absolute atomic E-state index is 0.134. The number of rotatable bonds is 2. The van der Waals surface area contributed by atoms with Gasteiger partial charge < -0.3 is 5.32 Å². The van der Waals surface area contributed by atoms with Gasteiger partial charge in [-0.25, -0.2) is 8.42 Å². The van der Waals surface area contributed by atoms with Gasteiger partial charge in [0.15, 0.2) is 5.37 Å². The quantitative estimate of drug-likeness (QED) is 0.705. The Morgan fingerprint density at radius 2 is 1.86 bits per heavy atom. The summed E-state index contributed by atoms with van der Waals surface area (Å²) in [7, 11) is -4.34. The molecule has 2 aromatic carbocycles. The van der Waals surface area contributed by atoms with Crippen molar-refractivity contribution in [3.05, 3.63) is 52.0 Å². The molecule has 1 atom stereocenters. The van der Waals surface area contributed by atoms with Gasteiger partial charge in [-0.05, 0) is 59.1 Å². The van der Waals surface area contributed by atoms with Crippen LogP contribution in [0.15, 0.2) is 45.8 Å². The second-order valence-corrected chi connectivity index (χ2v) is 9.36. The van der Waals surface area contributed by atoms with E-state index in [2.05, 4.69) is 21.2 Å². The summed E-state index contributed by atoms with van der Waals surface area (Å²) in [5.74, 6) is -2.23. The fourth-order valence-electron chi connectivity index (χ4n) is 3.30. The van der Waals surface area contributed by atoms with E-state index < -0.39 is 27.3 Å². The molecule has 5 nitrogen and oxygen atoms in total. The van der Waals surface area contributed by atoms with Crippen LogP contribution in [0.4, 0.5) is 24.5 Å². The van der Waals surface area contributed by atoms with Gasteiger partial charge in [-0.15, -0.1) is 0 Å². The highest BCUT2D eigenvalue weighted by atomic mass is 79.9. The number of benzene rings is 2. The average Bonchev–Trinajstić information content (AvgIpc) is 2.58. The third-order valence-electron chi connectivity index (χ3n) is 4.40. The molecule has 0 aromatic heterocycles. The molecule has 1 aliphatic heterocycles. The first-order chi connectivity index (χ1) is 12.9. The number of aryl methyl sites for hydroxylation is 2. The highest BCUT2D eigenvalue weighted by Gasteiger charge is 2.50. The minimum Gasteiger partial charge on any atom is -0.380 e. The van der Waals surface area contributed by atoms with Gasteiger partial charge in [-0.1, -0.05) is 18.2 Å². The number of nitrogens with one attached hydrogen (secondary N) is 1. The third kappa shape index (κ3) is 3.50. The van der Waals surface area contributed by atoms with Crippen molar-refractivity contribution in [1.82, 2.24) is 0 Å². The van der Waals surface area contributed by atoms with Gasteiger partial charge in [0.25, 0.3) is 0 Å². The maximum absolute atomic E-state index is 13.4. The van der Waals surface area contributed by atoms with Crippen LogP contribution in [0.2, 0.25) is 0 Å². The minimum atomic E-state index is -5.22. The summed E-state index contributed by atoms with van der Waals surface area (Å²) in [5.41, 5.74) is 1.29. The van der Waals surface area contributed by atoms with Crippen LogP contribution in [0, 0.1) is 13.8 Å². The second kappa shape index (κ2) is 7.07. The fraction of sp³-hybridized carbons (Fsp3) is 0.278. The molecular weight excluding hydrogens is 461 g/mol. The normalized spacial score (nSPS) is 17.1. The number of hydrogen-bond donors (Lipinski definition) is 1. The van der Waals surface area contributed by atoms with Gasteiger partial charge in [0.2, 0.25) is 9.84 Å². The molecular formula is C18H16BrF3N2O3S. The summed E-state index contributed by atoms with van der Waals surface area (Å²) in [6.45, 7) is 2.96. The van der Waals surface area contributed by atoms with Crippen molar-refractivity contribution in [3.8, 4) is 0 Å². The Morgan fingerprint density at radius 3 is 2.46 bits per heavy atom. The van der Waals surface area contributed by atoms with Crippen molar-refractivity contribution in [2.75, 3.05) is 16.8 Å². The van der Waals surface area contributed by atoms with Crippen molar-refractivity contribution in [2.24, 2.45) is 0 Å². The number of carbonyl (C=O) groups excluding carboxylic acids is 1. The van der Waals surface area contributed by atoms with Crippen molar-refractivity contribution in [2.45, 2.75) is 30.3 Å². The number of hydrogen-bond acceptors (Lipinski definition) is 4. The molecule has 3 rings (SSSR count). The first-order valence-corrected chi connectivity index (χ1v) is 10.5. The highest BCUT2D eigenvalue weighted by Crippen LogP contribution is 2.39. The molecule has 0 unspecified atom stereocenters. The van der Waals surface area contributed by atoms with Crippen LogP contribution in [-0.4, -0.2) is 32.4 Å². The number of anilines is 2. The predicted molar refractivity (Wildman–Crippen MR) is 103 cm³/mol. The van der Waals surface area contributed by atoms with Gasteiger partial charge >= 0.3 is 12.1 Å². The summed E-state index contributed by atoms with van der Waals surface area (Å²) >= 11 is 3.20. The van der Waals surface area contributed by atoms with E-state index >= 15 is 0 Å². The van der Waals surface area contributed by atoms with Crippen molar-refractivity contribution < 1.29 is 26.4 Å². The lowest BCUT2D eigenvalue weighted by atomic mass is 10.2. The van der Waals surface area contributed by atoms with Gasteiger partial charge in [-0.3, -0.25) is 9.69 Å². The maximum atomic E-state index is 13.4. The van der Waals surface area contributed by atoms with Crippen LogP contribution in [0.1, 0.15) is 11.1 Å². The van der Waals surface area contributed by atoms with Crippen molar-refractivity contribution >= 4 is 43.0 Å². The summed E-state index contributed by atoms with van der Waals surface area (Å²) in [6.07, 6.45) is -5.22. The third-order valence-corrected chi connectivity index (χ3v) is 7.49. The molecule has 150 valence electrons. The summed E-state index contributed by atoms with van der Waals surface area (Å²) in [6, 6.07) is 8.99. The van der Waals surface area contributed by atoms with E-state index in [-0.39, 0.29) is 27.3 Å². The van der Waals surface area contributed by atoms with Crippen LogP contribution in [0.25, 0.3) is 0 Å². The fourth-order valence-corrected chi connectivity index (χ4v) is 6.55. The van der Waals surface area contributed by atoms with Crippen LogP contribution in [-0.2, 0) is 14.6 Å². The highest BCUT2D eigenvalue weighted by molar-refractivity contribution is 9.10. The first-order valence-electron chi connectivity index (χ1n) is 8.18. The topological polar surface area (TPSA) is 66.5 Å². The molecule has 2 aromatic rings. The lowest BCUT2D eigenvalue weighted by molar-refractivity contribution is -0.170. The molecule has 28 heavy (non-hydrogen) atoms. The SMILES string of the molecule is Cc1cc(C)c(S(=O)(=O)[C@H]2CNc3ccccc3N2C(=O)C(F)(F)F)c(Br)c1. The van der Waals surface area contributed by atoms with Gasteiger partial charge in [0.1, 0.15) is 0 Å². The molecule has 1 N–H and O–H groups in total. The monoisotopic (exact) mass is 476 g/mol. The molecule has 0 saturated heterocycles. The molecule has 1 amide bonds. The molecule has 1 heterocycles. The Morgan fingerprint density at radius 1 is 1.21 bits per heavy atom. The lowest BCUT2D eigenvalue weighted by Crippen LogP contribution is -2.55. The molecule has 0 bridgehead atoms. The summed E-state index contributed by atoms with van der Waals surface area (Å²) in [5, 5.41) is 1.06. The van der Waals surface area contributed by atoms with Gasteiger partial charge in [-0.2, -0.15) is 13.2 Å². The Bertz CT molecular complexity index is 1030. The molecule has 10 heteroatoms. The van der Waals surface area contributed by atoms with Gasteiger partial charge in [0.05, 0.1) is 22.8 Å². The first kappa shape index (κ1) is 20.7. The second-order valence-electron chi connectivity index (χ2n) is 6.46. The van der Waals surface area contributed by atoms with E-state index in [1.807, 2.05) is 0 Å². The van der Waals surface area contributed by atoms with E-state index in [1.165, 1.54) is 18.2 Å². The predicted octanol–water partition coefficient (Wildman–Crippen LogP) is 4.19. The van der Waals surface area contributed by atoms with Crippen LogP contribution in [0.5, 0.6) is 0 Å². The largest absolute Gasteiger partial charge is 0.471 e. The van der Waals surface area contributed by atoms with E-state index in [4.69, 9.17) is 0 Å². The Hall–Kier alpha value is -2.07. The van der Waals surface area contributed by atoms with Crippen molar-refractivity contribution in [1.29, 1.82) is 0 Å². The maximum Gasteiger partial charge on any atom is 0.471 e. The number of sulfone groups is 1. The smallest absolute Gasteiger partial charge is 0.380 e. The zero-order valence-corrected chi connectivity index (χ0v) is 17.2. The average molecular weight is 477 g/mol. The molecule has 0 aliphatic carbocycles. The Kier molecular flexibility index (Phi) is 5.22. The zero-order valence-electron chi connectivity index (χ0n) is 14.8. The van der Waals surface area contributed by atoms with Crippen LogP contribution >= 0.6 is 15.9 Å². The van der Waals surface area contributed by atoms with Crippen LogP contribution in [0.3, 0.4) is 0 Å². The lowest BCUT2D eigenvalue weighted by Gasteiger charge is -2.37. The zero-order chi connectivity index (χ0) is 20.9. The van der Waals surface area contributed by atoms with Gasteiger partial charge in [0, 0.05) is 4.47 Å².